The fourth-order valence-electron chi connectivity index (χ4n) is 2.19. The van der Waals surface area contributed by atoms with Gasteiger partial charge in [0.25, 0.3) is 0 Å². The third-order valence-electron chi connectivity index (χ3n) is 3.18. The maximum Gasteiger partial charge on any atom is 0.336 e. The second-order valence-corrected chi connectivity index (χ2v) is 4.62. The highest BCUT2D eigenvalue weighted by molar-refractivity contribution is 5.96. The smallest absolute Gasteiger partial charge is 0.336 e. The van der Waals surface area contributed by atoms with Crippen LogP contribution in [0.25, 0.3) is 11.1 Å². The number of benzene rings is 2. The molecule has 0 heterocycles. The van der Waals surface area contributed by atoms with Crippen molar-refractivity contribution in [1.82, 2.24) is 0 Å². The molecule has 2 aromatic rings. The molecule has 0 aliphatic carbocycles. The van der Waals surface area contributed by atoms with E-state index in [9.17, 15) is 9.90 Å². The fraction of sp³-hybridized carbons (Fsp3) is 0.176. The van der Waals surface area contributed by atoms with E-state index in [4.69, 9.17) is 5.26 Å². The van der Waals surface area contributed by atoms with Gasteiger partial charge in [0, 0.05) is 0 Å². The molecule has 0 radical (unpaired) electrons. The van der Waals surface area contributed by atoms with Crippen molar-refractivity contribution < 1.29 is 9.90 Å². The van der Waals surface area contributed by atoms with Crippen molar-refractivity contribution in [3.63, 3.8) is 0 Å². The van der Waals surface area contributed by atoms with Gasteiger partial charge in [-0.25, -0.2) is 4.79 Å². The van der Waals surface area contributed by atoms with E-state index in [1.807, 2.05) is 12.1 Å². The Morgan fingerprint density at radius 2 is 1.90 bits per heavy atom. The number of aromatic carboxylic acids is 1. The van der Waals surface area contributed by atoms with Crippen LogP contribution < -0.4 is 0 Å². The van der Waals surface area contributed by atoms with Crippen LogP contribution >= 0.6 is 0 Å². The first-order valence-corrected chi connectivity index (χ1v) is 6.52. The van der Waals surface area contributed by atoms with Crippen LogP contribution in [0, 0.1) is 11.3 Å². The van der Waals surface area contributed by atoms with Gasteiger partial charge in [-0.1, -0.05) is 37.6 Å². The van der Waals surface area contributed by atoms with Gasteiger partial charge in [0.2, 0.25) is 0 Å². The Bertz CT molecular complexity index is 666. The van der Waals surface area contributed by atoms with Gasteiger partial charge in [-0.2, -0.15) is 5.26 Å². The Kier molecular flexibility index (Phi) is 4.17. The monoisotopic (exact) mass is 265 g/mol. The van der Waals surface area contributed by atoms with Crippen LogP contribution in [0.15, 0.2) is 42.5 Å². The first-order valence-electron chi connectivity index (χ1n) is 6.52. The van der Waals surface area contributed by atoms with Gasteiger partial charge in [0.05, 0.1) is 17.2 Å². The maximum absolute atomic E-state index is 11.3. The minimum atomic E-state index is -0.938. The molecule has 0 saturated heterocycles. The van der Waals surface area contributed by atoms with Gasteiger partial charge in [-0.05, 0) is 41.3 Å². The second-order valence-electron chi connectivity index (χ2n) is 4.62. The first kappa shape index (κ1) is 13.8. The summed E-state index contributed by atoms with van der Waals surface area (Å²) in [5, 5.41) is 18.1. The van der Waals surface area contributed by atoms with Crippen molar-refractivity contribution in [2.75, 3.05) is 0 Å². The zero-order valence-corrected chi connectivity index (χ0v) is 11.3. The maximum atomic E-state index is 11.3. The number of nitrogens with zero attached hydrogens (tertiary/aromatic N) is 1. The summed E-state index contributed by atoms with van der Waals surface area (Å²) in [6, 6.07) is 14.5. The molecule has 2 rings (SSSR count). The van der Waals surface area contributed by atoms with Crippen LogP contribution in [0.3, 0.4) is 0 Å². The van der Waals surface area contributed by atoms with Crippen molar-refractivity contribution in [3.05, 3.63) is 59.2 Å². The molecule has 2 aromatic carbocycles. The number of hydrogen-bond acceptors (Lipinski definition) is 2. The van der Waals surface area contributed by atoms with Crippen LogP contribution in [0.5, 0.6) is 0 Å². The van der Waals surface area contributed by atoms with E-state index in [1.165, 1.54) is 0 Å². The molecule has 0 fully saturated rings. The lowest BCUT2D eigenvalue weighted by Crippen LogP contribution is -2.00. The van der Waals surface area contributed by atoms with Gasteiger partial charge in [0.15, 0.2) is 0 Å². The van der Waals surface area contributed by atoms with Crippen LogP contribution in [0.4, 0.5) is 0 Å². The molecule has 0 spiro atoms. The summed E-state index contributed by atoms with van der Waals surface area (Å²) in [6.45, 7) is 2.09. The van der Waals surface area contributed by atoms with Gasteiger partial charge in [0.1, 0.15) is 0 Å². The normalized spacial score (nSPS) is 10.0. The van der Waals surface area contributed by atoms with Crippen molar-refractivity contribution in [3.8, 4) is 17.2 Å². The zero-order valence-electron chi connectivity index (χ0n) is 11.3. The third kappa shape index (κ3) is 2.86. The Morgan fingerprint density at radius 3 is 2.45 bits per heavy atom. The first-order chi connectivity index (χ1) is 9.65. The van der Waals surface area contributed by atoms with Crippen molar-refractivity contribution in [2.45, 2.75) is 19.8 Å². The highest BCUT2D eigenvalue weighted by Gasteiger charge is 2.12. The molecule has 0 bridgehead atoms. The lowest BCUT2D eigenvalue weighted by atomic mass is 9.95. The molecule has 0 unspecified atom stereocenters. The van der Waals surface area contributed by atoms with Crippen LogP contribution in [-0.2, 0) is 6.42 Å². The highest BCUT2D eigenvalue weighted by atomic mass is 16.4. The van der Waals surface area contributed by atoms with E-state index < -0.39 is 5.97 Å². The summed E-state index contributed by atoms with van der Waals surface area (Å²) in [6.07, 6.45) is 1.93. The molecular weight excluding hydrogens is 250 g/mol. The lowest BCUT2D eigenvalue weighted by Gasteiger charge is -2.09. The molecule has 0 aliphatic rings. The number of nitriles is 1. The van der Waals surface area contributed by atoms with Crippen LogP contribution in [-0.4, -0.2) is 11.1 Å². The second kappa shape index (κ2) is 6.03. The molecule has 0 aromatic heterocycles. The van der Waals surface area contributed by atoms with Gasteiger partial charge in [-0.3, -0.25) is 0 Å². The number of carbonyl (C=O) groups is 1. The molecular formula is C17H15NO2. The molecule has 20 heavy (non-hydrogen) atoms. The Balaban J connectivity index is 2.53. The van der Waals surface area contributed by atoms with E-state index in [-0.39, 0.29) is 5.56 Å². The predicted octanol–water partition coefficient (Wildman–Crippen LogP) is 3.88. The summed E-state index contributed by atoms with van der Waals surface area (Å²) < 4.78 is 0. The zero-order chi connectivity index (χ0) is 14.5. The third-order valence-corrected chi connectivity index (χ3v) is 3.18. The average Bonchev–Trinajstić information content (AvgIpc) is 2.47. The SMILES string of the molecule is CCCc1ccc(C(=O)O)c(-c2ccc(C#N)cc2)c1. The molecule has 0 amide bonds. The number of carboxylic acid groups (broad SMARTS) is 1. The van der Waals surface area contributed by atoms with Crippen molar-refractivity contribution in [1.29, 1.82) is 5.26 Å². The van der Waals surface area contributed by atoms with E-state index in [1.54, 1.807) is 30.3 Å². The molecule has 1 N–H and O–H groups in total. The Labute approximate surface area is 118 Å². The van der Waals surface area contributed by atoms with E-state index in [0.717, 1.165) is 24.0 Å². The van der Waals surface area contributed by atoms with Gasteiger partial charge in [-0.15, -0.1) is 0 Å². The topological polar surface area (TPSA) is 61.1 Å². The molecule has 3 heteroatoms. The molecule has 100 valence electrons. The fourth-order valence-corrected chi connectivity index (χ4v) is 2.19. The highest BCUT2D eigenvalue weighted by Crippen LogP contribution is 2.26. The molecule has 0 saturated carbocycles. The molecule has 0 aliphatic heterocycles. The van der Waals surface area contributed by atoms with Crippen molar-refractivity contribution in [2.24, 2.45) is 0 Å². The Morgan fingerprint density at radius 1 is 1.20 bits per heavy atom. The van der Waals surface area contributed by atoms with Gasteiger partial charge >= 0.3 is 5.97 Å². The summed E-state index contributed by atoms with van der Waals surface area (Å²) in [5.41, 5.74) is 3.49. The largest absolute Gasteiger partial charge is 0.478 e. The predicted molar refractivity (Wildman–Crippen MR) is 77.5 cm³/mol. The van der Waals surface area contributed by atoms with Gasteiger partial charge < -0.3 is 5.11 Å². The Hall–Kier alpha value is -2.60. The summed E-state index contributed by atoms with van der Waals surface area (Å²) in [4.78, 5) is 11.3. The minimum Gasteiger partial charge on any atom is -0.478 e. The number of hydrogen-bond donors (Lipinski definition) is 1. The molecule has 3 nitrogen and oxygen atoms in total. The average molecular weight is 265 g/mol. The molecule has 0 atom stereocenters. The van der Waals surface area contributed by atoms with E-state index in [0.29, 0.717) is 11.1 Å². The standard InChI is InChI=1S/C17H15NO2/c1-2-3-12-6-9-15(17(19)20)16(10-12)14-7-4-13(11-18)5-8-14/h4-10H,2-3H2,1H3,(H,19,20). The van der Waals surface area contributed by atoms with E-state index in [2.05, 4.69) is 13.0 Å². The lowest BCUT2D eigenvalue weighted by molar-refractivity contribution is 0.0697. The number of aryl methyl sites for hydroxylation is 1. The number of rotatable bonds is 4. The number of carboxylic acids is 1. The minimum absolute atomic E-state index is 0.287. The quantitative estimate of drug-likeness (QED) is 0.912. The summed E-state index contributed by atoms with van der Waals surface area (Å²) >= 11 is 0. The van der Waals surface area contributed by atoms with Crippen LogP contribution in [0.2, 0.25) is 0 Å². The van der Waals surface area contributed by atoms with Crippen LogP contribution in [0.1, 0.15) is 34.8 Å². The summed E-state index contributed by atoms with van der Waals surface area (Å²) in [7, 11) is 0. The summed E-state index contributed by atoms with van der Waals surface area (Å²) in [5.74, 6) is -0.938. The van der Waals surface area contributed by atoms with E-state index >= 15 is 0 Å². The van der Waals surface area contributed by atoms with Crippen molar-refractivity contribution >= 4 is 5.97 Å².